The first-order valence-electron chi connectivity index (χ1n) is 10.8. The van der Waals surface area contributed by atoms with Gasteiger partial charge in [0, 0.05) is 16.5 Å². The van der Waals surface area contributed by atoms with Crippen molar-refractivity contribution in [1.82, 2.24) is 14.8 Å². The summed E-state index contributed by atoms with van der Waals surface area (Å²) < 4.78 is 6.53. The van der Waals surface area contributed by atoms with E-state index in [9.17, 15) is 14.7 Å². The van der Waals surface area contributed by atoms with Gasteiger partial charge in [-0.15, -0.1) is 21.6 Å². The van der Waals surface area contributed by atoms with Gasteiger partial charge in [-0.25, -0.2) is 9.78 Å². The number of thiazole rings is 1. The number of rotatable bonds is 7. The third-order valence-electron chi connectivity index (χ3n) is 5.39. The summed E-state index contributed by atoms with van der Waals surface area (Å²) in [5, 5.41) is 23.1. The summed E-state index contributed by atoms with van der Waals surface area (Å²) >= 11 is 1.30. The van der Waals surface area contributed by atoms with Crippen molar-refractivity contribution in [2.45, 2.75) is 0 Å². The molecular weight excluding hydrogens is 478 g/mol. The molecule has 2 heterocycles. The van der Waals surface area contributed by atoms with E-state index in [0.717, 1.165) is 16.9 Å². The second kappa shape index (κ2) is 9.80. The average Bonchev–Trinajstić information content (AvgIpc) is 3.53. The molecule has 0 radical (unpaired) electrons. The maximum Gasteiger partial charge on any atom is 0.337 e. The van der Waals surface area contributed by atoms with Gasteiger partial charge in [0.15, 0.2) is 5.69 Å². The SMILES string of the molecule is COc1ccc(-c2csc(-n3[nH]c(-c4ccccc4)c(N=Nc4ccccc4C(=O)O)c3=O)n2)cc1. The van der Waals surface area contributed by atoms with Crippen molar-refractivity contribution in [1.29, 1.82) is 0 Å². The van der Waals surface area contributed by atoms with Gasteiger partial charge >= 0.3 is 11.5 Å². The highest BCUT2D eigenvalue weighted by Gasteiger charge is 2.19. The molecule has 2 aromatic heterocycles. The Balaban J connectivity index is 1.59. The Kier molecular flexibility index (Phi) is 6.25. The number of benzene rings is 3. The maximum absolute atomic E-state index is 13.4. The Hall–Kier alpha value is -4.83. The minimum absolute atomic E-state index is 0.0116. The van der Waals surface area contributed by atoms with Gasteiger partial charge in [-0.3, -0.25) is 9.89 Å². The van der Waals surface area contributed by atoms with Crippen LogP contribution < -0.4 is 10.3 Å². The molecule has 9 nitrogen and oxygen atoms in total. The molecule has 0 aliphatic carbocycles. The standard InChI is InChI=1S/C26H19N5O4S/c1-35-18-13-11-16(12-14-18)21-15-36-26(27-21)31-24(32)23(22(30-31)17-7-3-2-4-8-17)29-28-20-10-6-5-9-19(20)25(33)34/h2-15,30H,1H3,(H,33,34). The van der Waals surface area contributed by atoms with Crippen LogP contribution in [0.25, 0.3) is 27.6 Å². The highest BCUT2D eigenvalue weighted by molar-refractivity contribution is 7.12. The van der Waals surface area contributed by atoms with Crippen molar-refractivity contribution < 1.29 is 14.6 Å². The van der Waals surface area contributed by atoms with Crippen LogP contribution in [0.5, 0.6) is 5.75 Å². The Morgan fingerprint density at radius 3 is 2.42 bits per heavy atom. The molecule has 0 spiro atoms. The highest BCUT2D eigenvalue weighted by atomic mass is 32.1. The lowest BCUT2D eigenvalue weighted by molar-refractivity contribution is 0.0697. The quantitative estimate of drug-likeness (QED) is 0.264. The van der Waals surface area contributed by atoms with Crippen molar-refractivity contribution >= 4 is 28.7 Å². The molecule has 0 amide bonds. The third-order valence-corrected chi connectivity index (χ3v) is 6.22. The van der Waals surface area contributed by atoms with Crippen LogP contribution in [0.1, 0.15) is 10.4 Å². The summed E-state index contributed by atoms with van der Waals surface area (Å²) in [7, 11) is 1.60. The second-order valence-corrected chi connectivity index (χ2v) is 8.44. The van der Waals surface area contributed by atoms with Crippen LogP contribution in [0.4, 0.5) is 11.4 Å². The fourth-order valence-electron chi connectivity index (χ4n) is 3.57. The van der Waals surface area contributed by atoms with Gasteiger partial charge in [-0.1, -0.05) is 42.5 Å². The molecule has 36 heavy (non-hydrogen) atoms. The summed E-state index contributed by atoms with van der Waals surface area (Å²) in [5.74, 6) is -0.394. The molecule has 178 valence electrons. The normalized spacial score (nSPS) is 11.1. The molecular formula is C26H19N5O4S. The van der Waals surface area contributed by atoms with E-state index in [2.05, 4.69) is 20.3 Å². The van der Waals surface area contributed by atoms with Crippen LogP contribution in [0.2, 0.25) is 0 Å². The first-order chi connectivity index (χ1) is 17.5. The van der Waals surface area contributed by atoms with Crippen molar-refractivity contribution in [3.8, 4) is 33.4 Å². The molecule has 3 aromatic carbocycles. The van der Waals surface area contributed by atoms with Gasteiger partial charge in [-0.05, 0) is 36.4 Å². The topological polar surface area (TPSA) is 122 Å². The van der Waals surface area contributed by atoms with E-state index in [0.29, 0.717) is 16.5 Å². The van der Waals surface area contributed by atoms with E-state index in [1.54, 1.807) is 19.2 Å². The van der Waals surface area contributed by atoms with Gasteiger partial charge in [-0.2, -0.15) is 4.68 Å². The monoisotopic (exact) mass is 497 g/mol. The number of H-pyrrole nitrogens is 1. The van der Waals surface area contributed by atoms with E-state index in [1.165, 1.54) is 28.2 Å². The maximum atomic E-state index is 13.4. The number of carbonyl (C=O) groups is 1. The number of aromatic amines is 1. The Bertz CT molecular complexity index is 1620. The molecule has 0 saturated heterocycles. The van der Waals surface area contributed by atoms with E-state index >= 15 is 0 Å². The summed E-state index contributed by atoms with van der Waals surface area (Å²) in [6.07, 6.45) is 0. The number of nitrogens with zero attached hydrogens (tertiary/aromatic N) is 4. The number of hydrogen-bond donors (Lipinski definition) is 2. The van der Waals surface area contributed by atoms with Crippen LogP contribution in [0, 0.1) is 0 Å². The average molecular weight is 498 g/mol. The lowest BCUT2D eigenvalue weighted by atomic mass is 10.1. The number of ether oxygens (including phenoxy) is 1. The van der Waals surface area contributed by atoms with Crippen LogP contribution in [0.3, 0.4) is 0 Å². The molecule has 0 unspecified atom stereocenters. The molecule has 5 aromatic rings. The Morgan fingerprint density at radius 1 is 0.972 bits per heavy atom. The van der Waals surface area contributed by atoms with Crippen molar-refractivity contribution in [3.63, 3.8) is 0 Å². The van der Waals surface area contributed by atoms with Crippen LogP contribution in [-0.4, -0.2) is 33.0 Å². The highest BCUT2D eigenvalue weighted by Crippen LogP contribution is 2.31. The number of hydrogen-bond acceptors (Lipinski definition) is 7. The Morgan fingerprint density at radius 2 is 1.69 bits per heavy atom. The third kappa shape index (κ3) is 4.44. The number of carboxylic acid groups (broad SMARTS) is 1. The Labute approximate surface area is 209 Å². The fourth-order valence-corrected chi connectivity index (χ4v) is 4.36. The summed E-state index contributed by atoms with van der Waals surface area (Å²) in [6.45, 7) is 0. The molecule has 0 bridgehead atoms. The first-order valence-corrected chi connectivity index (χ1v) is 11.7. The number of azo groups is 1. The summed E-state index contributed by atoms with van der Waals surface area (Å²) in [6, 6.07) is 22.9. The van der Waals surface area contributed by atoms with Gasteiger partial charge < -0.3 is 9.84 Å². The zero-order valence-electron chi connectivity index (χ0n) is 19.0. The minimum atomic E-state index is -1.13. The molecule has 0 aliphatic heterocycles. The molecule has 0 atom stereocenters. The molecule has 0 aliphatic rings. The molecule has 0 saturated carbocycles. The van der Waals surface area contributed by atoms with Gasteiger partial charge in [0.1, 0.15) is 11.4 Å². The minimum Gasteiger partial charge on any atom is -0.497 e. The first kappa shape index (κ1) is 22.9. The molecule has 10 heteroatoms. The van der Waals surface area contributed by atoms with Crippen molar-refractivity contribution in [3.05, 3.63) is 100 Å². The van der Waals surface area contributed by atoms with Crippen LogP contribution in [-0.2, 0) is 0 Å². The van der Waals surface area contributed by atoms with E-state index in [4.69, 9.17) is 4.74 Å². The largest absolute Gasteiger partial charge is 0.497 e. The van der Waals surface area contributed by atoms with Gasteiger partial charge in [0.25, 0.3) is 0 Å². The number of methoxy groups -OCH3 is 1. The lowest BCUT2D eigenvalue weighted by Gasteiger charge is -2.01. The second-order valence-electron chi connectivity index (χ2n) is 7.61. The van der Waals surface area contributed by atoms with Crippen molar-refractivity contribution in [2.75, 3.05) is 7.11 Å². The van der Waals surface area contributed by atoms with Crippen molar-refractivity contribution in [2.24, 2.45) is 10.2 Å². The number of aromatic nitrogens is 3. The number of nitrogens with one attached hydrogen (secondary N) is 1. The molecule has 0 fully saturated rings. The molecule has 5 rings (SSSR count). The van der Waals surface area contributed by atoms with Crippen LogP contribution >= 0.6 is 11.3 Å². The zero-order valence-corrected chi connectivity index (χ0v) is 19.8. The smallest absolute Gasteiger partial charge is 0.337 e. The predicted octanol–water partition coefficient (Wildman–Crippen LogP) is 6.08. The van der Waals surface area contributed by atoms with Crippen LogP contribution in [0.15, 0.2) is 99.3 Å². The number of aromatic carboxylic acids is 1. The predicted molar refractivity (Wildman–Crippen MR) is 137 cm³/mol. The van der Waals surface area contributed by atoms with Gasteiger partial charge in [0.05, 0.1) is 24.1 Å². The summed E-state index contributed by atoms with van der Waals surface area (Å²) in [5.41, 5.74) is 2.47. The van der Waals surface area contributed by atoms with Gasteiger partial charge in [0.2, 0.25) is 5.13 Å². The lowest BCUT2D eigenvalue weighted by Crippen LogP contribution is -2.13. The zero-order chi connectivity index (χ0) is 25.1. The molecule has 2 N–H and O–H groups in total. The van der Waals surface area contributed by atoms with E-state index in [-0.39, 0.29) is 16.9 Å². The number of carboxylic acids is 1. The van der Waals surface area contributed by atoms with E-state index < -0.39 is 11.5 Å². The fraction of sp³-hybridized carbons (Fsp3) is 0.0385. The van der Waals surface area contributed by atoms with E-state index in [1.807, 2.05) is 60.0 Å². The summed E-state index contributed by atoms with van der Waals surface area (Å²) in [4.78, 5) is 29.6.